The molecule has 0 unspecified atom stereocenters. The molecule has 3 heteroatoms. The van der Waals surface area contributed by atoms with E-state index in [1.54, 1.807) is 0 Å². The van der Waals surface area contributed by atoms with Gasteiger partial charge in [-0.25, -0.2) is 9.97 Å². The summed E-state index contributed by atoms with van der Waals surface area (Å²) in [5.41, 5.74) is 1.16. The molecule has 0 atom stereocenters. The van der Waals surface area contributed by atoms with Crippen LogP contribution in [0.1, 0.15) is 71.4 Å². The first-order valence-corrected chi connectivity index (χ1v) is 8.27. The summed E-state index contributed by atoms with van der Waals surface area (Å²) in [4.78, 5) is 11.5. The fourth-order valence-electron chi connectivity index (χ4n) is 2.52. The predicted molar refractivity (Wildman–Crippen MR) is 87.3 cm³/mol. The summed E-state index contributed by atoms with van der Waals surface area (Å²) in [6.45, 7) is 6.71. The third-order valence-corrected chi connectivity index (χ3v) is 3.85. The Kier molecular flexibility index (Phi) is 8.24. The van der Waals surface area contributed by atoms with Crippen LogP contribution in [-0.4, -0.2) is 23.1 Å². The topological polar surface area (TPSA) is 29.0 Å². The number of hydrogen-bond acceptors (Lipinski definition) is 3. The Labute approximate surface area is 124 Å². The molecule has 0 aliphatic rings. The monoisotopic (exact) mass is 277 g/mol. The average molecular weight is 277 g/mol. The van der Waals surface area contributed by atoms with Crippen LogP contribution in [0.4, 0.5) is 5.95 Å². The molecule has 0 N–H and O–H groups in total. The first-order chi connectivity index (χ1) is 9.72. The lowest BCUT2D eigenvalue weighted by atomic mass is 10.0. The van der Waals surface area contributed by atoms with Crippen molar-refractivity contribution < 1.29 is 0 Å². The zero-order chi connectivity index (χ0) is 14.8. The summed E-state index contributed by atoms with van der Waals surface area (Å²) in [7, 11) is 2.15. The molecule has 0 bridgehead atoms. The molecule has 0 saturated carbocycles. The normalized spacial score (nSPS) is 11.1. The van der Waals surface area contributed by atoms with Gasteiger partial charge in [0.05, 0.1) is 0 Å². The van der Waals surface area contributed by atoms with Gasteiger partial charge < -0.3 is 4.90 Å². The van der Waals surface area contributed by atoms with E-state index in [4.69, 9.17) is 4.98 Å². The van der Waals surface area contributed by atoms with Crippen LogP contribution in [0.3, 0.4) is 0 Å². The van der Waals surface area contributed by atoms with Crippen molar-refractivity contribution in [1.29, 1.82) is 0 Å². The van der Waals surface area contributed by atoms with Crippen LogP contribution in [0.15, 0.2) is 12.3 Å². The molecule has 0 spiro atoms. The Morgan fingerprint density at radius 1 is 1.05 bits per heavy atom. The molecule has 0 saturated heterocycles. The van der Waals surface area contributed by atoms with Crippen molar-refractivity contribution in [3.05, 3.63) is 18.0 Å². The zero-order valence-electron chi connectivity index (χ0n) is 13.7. The second-order valence-corrected chi connectivity index (χ2v) is 5.65. The van der Waals surface area contributed by atoms with Gasteiger partial charge in [0, 0.05) is 25.0 Å². The third kappa shape index (κ3) is 5.48. The Morgan fingerprint density at radius 3 is 2.25 bits per heavy atom. The maximum absolute atomic E-state index is 4.71. The fourth-order valence-corrected chi connectivity index (χ4v) is 2.52. The van der Waals surface area contributed by atoms with Gasteiger partial charge in [-0.05, 0) is 25.3 Å². The van der Waals surface area contributed by atoms with Gasteiger partial charge in [0.1, 0.15) is 0 Å². The van der Waals surface area contributed by atoms with E-state index < -0.39 is 0 Å². The van der Waals surface area contributed by atoms with Crippen LogP contribution >= 0.6 is 0 Å². The molecule has 114 valence electrons. The van der Waals surface area contributed by atoms with Crippen molar-refractivity contribution >= 4 is 5.95 Å². The van der Waals surface area contributed by atoms with Crippen molar-refractivity contribution in [1.82, 2.24) is 9.97 Å². The molecule has 0 amide bonds. The van der Waals surface area contributed by atoms with Gasteiger partial charge in [0.2, 0.25) is 5.95 Å². The number of anilines is 1. The molecule has 0 radical (unpaired) electrons. The molecule has 1 rings (SSSR count). The predicted octanol–water partition coefficient (Wildman–Crippen LogP) is 4.61. The van der Waals surface area contributed by atoms with Gasteiger partial charge in [-0.3, -0.25) is 0 Å². The van der Waals surface area contributed by atoms with E-state index in [0.717, 1.165) is 24.5 Å². The van der Waals surface area contributed by atoms with Gasteiger partial charge in [-0.1, -0.05) is 52.9 Å². The third-order valence-electron chi connectivity index (χ3n) is 3.85. The summed E-state index contributed by atoms with van der Waals surface area (Å²) in [5.74, 6) is 0.896. The first-order valence-electron chi connectivity index (χ1n) is 8.27. The van der Waals surface area contributed by atoms with Crippen molar-refractivity contribution in [3.8, 4) is 0 Å². The second kappa shape index (κ2) is 9.73. The molecule has 20 heavy (non-hydrogen) atoms. The van der Waals surface area contributed by atoms with Crippen molar-refractivity contribution in [2.24, 2.45) is 0 Å². The smallest absolute Gasteiger partial charge is 0.225 e. The maximum Gasteiger partial charge on any atom is 0.225 e. The highest BCUT2D eigenvalue weighted by atomic mass is 15.2. The SMILES string of the molecule is CCCCC(CCCC)N(C)c1nccc(CCC)n1. The van der Waals surface area contributed by atoms with Gasteiger partial charge in [-0.15, -0.1) is 0 Å². The van der Waals surface area contributed by atoms with E-state index in [9.17, 15) is 0 Å². The lowest BCUT2D eigenvalue weighted by Crippen LogP contribution is -2.33. The van der Waals surface area contributed by atoms with Gasteiger partial charge in [0.25, 0.3) is 0 Å². The van der Waals surface area contributed by atoms with Crippen molar-refractivity contribution in [2.45, 2.75) is 78.2 Å². The highest BCUT2D eigenvalue weighted by molar-refractivity contribution is 5.30. The zero-order valence-corrected chi connectivity index (χ0v) is 13.7. The summed E-state index contributed by atoms with van der Waals surface area (Å²) in [6.07, 6.45) is 11.7. The average Bonchev–Trinajstić information content (AvgIpc) is 2.47. The Morgan fingerprint density at radius 2 is 1.70 bits per heavy atom. The van der Waals surface area contributed by atoms with E-state index in [1.165, 1.54) is 38.5 Å². The summed E-state index contributed by atoms with van der Waals surface area (Å²) < 4.78 is 0. The molecule has 1 aromatic heterocycles. The summed E-state index contributed by atoms with van der Waals surface area (Å²) >= 11 is 0. The number of rotatable bonds is 10. The Bertz CT molecular complexity index is 357. The first kappa shape index (κ1) is 16.9. The molecular formula is C17H31N3. The highest BCUT2D eigenvalue weighted by Crippen LogP contribution is 2.19. The van der Waals surface area contributed by atoms with Crippen LogP contribution in [0.2, 0.25) is 0 Å². The van der Waals surface area contributed by atoms with Crippen LogP contribution in [0.25, 0.3) is 0 Å². The summed E-state index contributed by atoms with van der Waals surface area (Å²) in [6, 6.07) is 2.61. The number of hydrogen-bond donors (Lipinski definition) is 0. The van der Waals surface area contributed by atoms with Gasteiger partial charge in [0.15, 0.2) is 0 Å². The molecule has 0 aliphatic carbocycles. The lowest BCUT2D eigenvalue weighted by Gasteiger charge is -2.28. The van der Waals surface area contributed by atoms with Gasteiger partial charge in [-0.2, -0.15) is 0 Å². The van der Waals surface area contributed by atoms with Crippen molar-refractivity contribution in [3.63, 3.8) is 0 Å². The van der Waals surface area contributed by atoms with Crippen LogP contribution in [0.5, 0.6) is 0 Å². The molecule has 0 aromatic carbocycles. The molecule has 0 fully saturated rings. The molecule has 1 heterocycles. The van der Waals surface area contributed by atoms with E-state index >= 15 is 0 Å². The number of aryl methyl sites for hydroxylation is 1. The van der Waals surface area contributed by atoms with Crippen LogP contribution in [-0.2, 0) is 6.42 Å². The fraction of sp³-hybridized carbons (Fsp3) is 0.765. The van der Waals surface area contributed by atoms with Crippen molar-refractivity contribution in [2.75, 3.05) is 11.9 Å². The number of nitrogens with zero attached hydrogens (tertiary/aromatic N) is 3. The minimum Gasteiger partial charge on any atom is -0.341 e. The molecule has 1 aromatic rings. The number of unbranched alkanes of at least 4 members (excludes halogenated alkanes) is 2. The Hall–Kier alpha value is -1.12. The van der Waals surface area contributed by atoms with E-state index in [2.05, 4.69) is 37.7 Å². The lowest BCUT2D eigenvalue weighted by molar-refractivity contribution is 0.493. The minimum absolute atomic E-state index is 0.576. The summed E-state index contributed by atoms with van der Waals surface area (Å²) in [5, 5.41) is 0. The molecule has 0 aliphatic heterocycles. The maximum atomic E-state index is 4.71. The minimum atomic E-state index is 0.576. The second-order valence-electron chi connectivity index (χ2n) is 5.65. The highest BCUT2D eigenvalue weighted by Gasteiger charge is 2.16. The quantitative estimate of drug-likeness (QED) is 0.625. The van der Waals surface area contributed by atoms with E-state index in [-0.39, 0.29) is 0 Å². The standard InChI is InChI=1S/C17H31N3/c1-5-8-11-16(12-9-6-2)20(4)17-18-14-13-15(19-17)10-7-3/h13-14,16H,5-12H2,1-4H3. The van der Waals surface area contributed by atoms with Crippen LogP contribution < -0.4 is 4.90 Å². The molecule has 3 nitrogen and oxygen atoms in total. The van der Waals surface area contributed by atoms with E-state index in [0.29, 0.717) is 6.04 Å². The van der Waals surface area contributed by atoms with Gasteiger partial charge >= 0.3 is 0 Å². The largest absolute Gasteiger partial charge is 0.341 e. The van der Waals surface area contributed by atoms with Crippen LogP contribution in [0, 0.1) is 0 Å². The molecular weight excluding hydrogens is 246 g/mol. The number of aromatic nitrogens is 2. The Balaban J connectivity index is 2.75. The van der Waals surface area contributed by atoms with E-state index in [1.807, 2.05) is 12.3 Å².